The second-order valence-corrected chi connectivity index (χ2v) is 10.3. The molecule has 2 aromatic carbocycles. The zero-order valence-electron chi connectivity index (χ0n) is 16.4. The van der Waals surface area contributed by atoms with Gasteiger partial charge in [0.25, 0.3) is 0 Å². The minimum atomic E-state index is -3.85. The number of imidazole rings is 1. The summed E-state index contributed by atoms with van der Waals surface area (Å²) in [5.41, 5.74) is 1.71. The number of nitrogens with zero attached hydrogens (tertiary/aromatic N) is 2. The molecule has 0 bridgehead atoms. The van der Waals surface area contributed by atoms with Crippen LogP contribution in [-0.4, -0.2) is 35.0 Å². The van der Waals surface area contributed by atoms with Crippen LogP contribution in [0.3, 0.4) is 0 Å². The molecule has 10 heteroatoms. The van der Waals surface area contributed by atoms with Crippen molar-refractivity contribution in [1.82, 2.24) is 15.0 Å². The molecule has 0 unspecified atom stereocenters. The number of aromatic amines is 1. The molecule has 158 valence electrons. The van der Waals surface area contributed by atoms with Crippen LogP contribution in [0, 0.1) is 6.92 Å². The molecule has 7 nitrogen and oxygen atoms in total. The molecule has 2 N–H and O–H groups in total. The molecule has 4 aromatic rings. The summed E-state index contributed by atoms with van der Waals surface area (Å²) in [5.74, 6) is 0.131. The van der Waals surface area contributed by atoms with Crippen molar-refractivity contribution < 1.29 is 13.2 Å². The van der Waals surface area contributed by atoms with E-state index >= 15 is 0 Å². The van der Waals surface area contributed by atoms with Crippen molar-refractivity contribution in [3.63, 3.8) is 0 Å². The van der Waals surface area contributed by atoms with Crippen LogP contribution in [-0.2, 0) is 14.6 Å². The minimum Gasteiger partial charge on any atom is -0.328 e. The van der Waals surface area contributed by atoms with E-state index < -0.39 is 9.84 Å². The van der Waals surface area contributed by atoms with Crippen LogP contribution in [0.5, 0.6) is 0 Å². The summed E-state index contributed by atoms with van der Waals surface area (Å²) >= 11 is 2.37. The minimum absolute atomic E-state index is 0.00488. The van der Waals surface area contributed by atoms with E-state index in [-0.39, 0.29) is 26.6 Å². The maximum Gasteiger partial charge on any atom is 0.236 e. The zero-order chi connectivity index (χ0) is 21.8. The Balaban J connectivity index is 1.66. The Morgan fingerprint density at radius 3 is 2.55 bits per heavy atom. The number of aromatic nitrogens is 3. The van der Waals surface area contributed by atoms with Crippen molar-refractivity contribution in [2.24, 2.45) is 0 Å². The summed E-state index contributed by atoms with van der Waals surface area (Å²) < 4.78 is 26.6. The van der Waals surface area contributed by atoms with Gasteiger partial charge in [-0.05, 0) is 19.1 Å². The number of hydrogen-bond donors (Lipinski definition) is 2. The van der Waals surface area contributed by atoms with E-state index in [9.17, 15) is 13.2 Å². The molecule has 0 saturated carbocycles. The van der Waals surface area contributed by atoms with Gasteiger partial charge in [-0.1, -0.05) is 59.8 Å². The van der Waals surface area contributed by atoms with Gasteiger partial charge in [-0.3, -0.25) is 4.79 Å². The molecule has 31 heavy (non-hydrogen) atoms. The first-order valence-corrected chi connectivity index (χ1v) is 12.6. The lowest BCUT2D eigenvalue weighted by atomic mass is 10.2. The molecule has 0 saturated heterocycles. The number of amides is 1. The van der Waals surface area contributed by atoms with E-state index in [0.29, 0.717) is 11.0 Å². The Hall–Kier alpha value is -2.95. The molecule has 2 heterocycles. The molecule has 0 spiro atoms. The van der Waals surface area contributed by atoms with Crippen molar-refractivity contribution in [3.8, 4) is 11.4 Å². The molecule has 0 aliphatic carbocycles. The number of thiazole rings is 1. The Morgan fingerprint density at radius 1 is 1.13 bits per heavy atom. The van der Waals surface area contributed by atoms with Gasteiger partial charge in [0, 0.05) is 17.1 Å². The third-order valence-electron chi connectivity index (χ3n) is 4.31. The number of H-pyrrole nitrogens is 1. The lowest BCUT2D eigenvalue weighted by Gasteiger charge is -2.05. The van der Waals surface area contributed by atoms with Crippen LogP contribution < -0.4 is 5.32 Å². The molecule has 0 fully saturated rings. The van der Waals surface area contributed by atoms with Crippen molar-refractivity contribution in [1.29, 1.82) is 0 Å². The summed E-state index contributed by atoms with van der Waals surface area (Å²) in [6.45, 7) is 1.89. The molecule has 0 aliphatic rings. The van der Waals surface area contributed by atoms with Gasteiger partial charge in [0.05, 0.1) is 10.6 Å². The van der Waals surface area contributed by atoms with Gasteiger partial charge in [0.15, 0.2) is 10.2 Å². The first-order valence-electron chi connectivity index (χ1n) is 9.23. The van der Waals surface area contributed by atoms with E-state index in [2.05, 4.69) is 20.3 Å². The summed E-state index contributed by atoms with van der Waals surface area (Å²) in [7, 11) is -3.85. The van der Waals surface area contributed by atoms with Crippen LogP contribution in [0.1, 0.15) is 5.56 Å². The van der Waals surface area contributed by atoms with Crippen LogP contribution in [0.4, 0.5) is 5.13 Å². The number of carbonyl (C=O) groups excluding carboxylic acids is 1. The fourth-order valence-electron chi connectivity index (χ4n) is 2.76. The number of thioether (sulfide) groups is 1. The molecule has 2 aromatic heterocycles. The Kier molecular flexibility index (Phi) is 6.21. The number of hydrogen-bond acceptors (Lipinski definition) is 7. The molecule has 4 rings (SSSR count). The molecule has 0 radical (unpaired) electrons. The highest BCUT2D eigenvalue weighted by molar-refractivity contribution is 8.00. The lowest BCUT2D eigenvalue weighted by Crippen LogP contribution is -2.14. The average Bonchev–Trinajstić information content (AvgIpc) is 3.43. The largest absolute Gasteiger partial charge is 0.328 e. The first kappa shape index (κ1) is 21.3. The summed E-state index contributed by atoms with van der Waals surface area (Å²) in [5, 5.41) is 5.16. The summed E-state index contributed by atoms with van der Waals surface area (Å²) in [6.07, 6.45) is 1.60. The van der Waals surface area contributed by atoms with Gasteiger partial charge in [0.2, 0.25) is 15.7 Å². The Labute approximate surface area is 187 Å². The predicted molar refractivity (Wildman–Crippen MR) is 122 cm³/mol. The highest BCUT2D eigenvalue weighted by Crippen LogP contribution is 2.32. The third-order valence-corrected chi connectivity index (χ3v) is 7.82. The van der Waals surface area contributed by atoms with Gasteiger partial charge in [0.1, 0.15) is 10.9 Å². The first-order chi connectivity index (χ1) is 14.9. The van der Waals surface area contributed by atoms with Gasteiger partial charge in [-0.15, -0.1) is 11.3 Å². The number of nitrogens with one attached hydrogen (secondary N) is 2. The fraction of sp³-hybridized carbons (Fsp3) is 0.0952. The van der Waals surface area contributed by atoms with Crippen LogP contribution in [0.25, 0.3) is 11.4 Å². The highest BCUT2D eigenvalue weighted by Gasteiger charge is 2.27. The number of benzene rings is 2. The van der Waals surface area contributed by atoms with Crippen LogP contribution in [0.15, 0.2) is 81.1 Å². The SMILES string of the molecule is Cc1ccc(S(=O)(=O)c2[nH]c(-c3ccccc3)nc2SCC(=O)Nc2nccs2)cc1. The topological polar surface area (TPSA) is 105 Å². The molecular weight excluding hydrogens is 452 g/mol. The second-order valence-electron chi connectivity index (χ2n) is 6.58. The van der Waals surface area contributed by atoms with E-state index in [1.165, 1.54) is 11.3 Å². The van der Waals surface area contributed by atoms with Crippen molar-refractivity contribution in [2.75, 3.05) is 11.1 Å². The number of carbonyl (C=O) groups is 1. The average molecular weight is 471 g/mol. The molecule has 1 amide bonds. The Bertz CT molecular complexity index is 1280. The van der Waals surface area contributed by atoms with Crippen LogP contribution in [0.2, 0.25) is 0 Å². The fourth-order valence-corrected chi connectivity index (χ4v) is 5.73. The maximum absolute atomic E-state index is 13.3. The van der Waals surface area contributed by atoms with Crippen LogP contribution >= 0.6 is 23.1 Å². The summed E-state index contributed by atoms with van der Waals surface area (Å²) in [4.78, 5) is 23.9. The van der Waals surface area contributed by atoms with Gasteiger partial charge in [-0.2, -0.15) is 0 Å². The molecule has 0 atom stereocenters. The number of aryl methyl sites for hydroxylation is 1. The highest BCUT2D eigenvalue weighted by atomic mass is 32.2. The van der Waals surface area contributed by atoms with Gasteiger partial charge in [-0.25, -0.2) is 18.4 Å². The second kappa shape index (κ2) is 9.04. The maximum atomic E-state index is 13.3. The van der Waals surface area contributed by atoms with E-state index in [0.717, 1.165) is 22.9 Å². The Morgan fingerprint density at radius 2 is 1.87 bits per heavy atom. The van der Waals surface area contributed by atoms with Gasteiger partial charge >= 0.3 is 0 Å². The number of anilines is 1. The number of rotatable bonds is 7. The number of sulfone groups is 1. The van der Waals surface area contributed by atoms with E-state index in [1.54, 1.807) is 35.8 Å². The van der Waals surface area contributed by atoms with E-state index in [1.807, 2.05) is 37.3 Å². The van der Waals surface area contributed by atoms with E-state index in [4.69, 9.17) is 0 Å². The predicted octanol–water partition coefficient (Wildman–Crippen LogP) is 4.41. The monoisotopic (exact) mass is 470 g/mol. The smallest absolute Gasteiger partial charge is 0.236 e. The molecular formula is C21H18N4O3S3. The standard InChI is InChI=1S/C21H18N4O3S3/c1-14-7-9-16(10-8-14)31(27,28)20-19(24-18(25-20)15-5-3-2-4-6-15)30-13-17(26)23-21-22-11-12-29-21/h2-12H,13H2,1H3,(H,24,25)(H,22,23,26). The lowest BCUT2D eigenvalue weighted by molar-refractivity contribution is -0.113. The normalized spacial score (nSPS) is 11.4. The quantitative estimate of drug-likeness (QED) is 0.388. The van der Waals surface area contributed by atoms with Gasteiger partial charge < -0.3 is 10.3 Å². The third kappa shape index (κ3) is 4.87. The summed E-state index contributed by atoms with van der Waals surface area (Å²) in [6, 6.07) is 15.9. The zero-order valence-corrected chi connectivity index (χ0v) is 18.9. The van der Waals surface area contributed by atoms with Crippen molar-refractivity contribution >= 4 is 44.0 Å². The van der Waals surface area contributed by atoms with Crippen molar-refractivity contribution in [2.45, 2.75) is 21.9 Å². The molecule has 0 aliphatic heterocycles. The van der Waals surface area contributed by atoms with Crippen molar-refractivity contribution in [3.05, 3.63) is 71.7 Å².